The van der Waals surface area contributed by atoms with Crippen LogP contribution in [0.15, 0.2) is 22.6 Å². The molecule has 2 aromatic heterocycles. The Kier molecular flexibility index (Phi) is 4.94. The van der Waals surface area contributed by atoms with Crippen molar-refractivity contribution in [2.24, 2.45) is 11.8 Å². The van der Waals surface area contributed by atoms with Crippen molar-refractivity contribution in [2.75, 3.05) is 13.1 Å². The molecule has 0 aromatic carbocycles. The molecule has 3 rings (SSSR count). The lowest BCUT2D eigenvalue weighted by Gasteiger charge is -2.34. The molecule has 2 unspecified atom stereocenters. The van der Waals surface area contributed by atoms with Crippen molar-refractivity contribution in [1.82, 2.24) is 9.88 Å². The van der Waals surface area contributed by atoms with E-state index in [2.05, 4.69) is 4.98 Å². The molecule has 1 aliphatic rings. The van der Waals surface area contributed by atoms with E-state index in [1.165, 1.54) is 0 Å². The number of carboxylic acid groups (broad SMARTS) is 1. The van der Waals surface area contributed by atoms with Gasteiger partial charge in [-0.05, 0) is 31.4 Å². The van der Waals surface area contributed by atoms with Crippen LogP contribution in [-0.4, -0.2) is 40.0 Å². The number of rotatable bonds is 2. The summed E-state index contributed by atoms with van der Waals surface area (Å²) < 4.78 is 5.57. The van der Waals surface area contributed by atoms with E-state index in [-0.39, 0.29) is 36.5 Å². The third-order valence-corrected chi connectivity index (χ3v) is 4.02. The summed E-state index contributed by atoms with van der Waals surface area (Å²) in [6.07, 6.45) is 0.597. The van der Waals surface area contributed by atoms with E-state index in [4.69, 9.17) is 4.42 Å². The Balaban J connectivity index is 0.00000192. The highest BCUT2D eigenvalue weighted by atomic mass is 35.5. The summed E-state index contributed by atoms with van der Waals surface area (Å²) in [6, 6.07) is 5.23. The predicted octanol–water partition coefficient (Wildman–Crippen LogP) is 2.74. The SMILES string of the molecule is Cc1ccc2oc(C(=O)N3CC(C)CC(C(=O)O)C3)cc2n1.Cl. The number of nitrogens with zero attached hydrogens (tertiary/aromatic N) is 2. The number of hydrogen-bond acceptors (Lipinski definition) is 4. The first kappa shape index (κ1) is 17.3. The third-order valence-electron chi connectivity index (χ3n) is 4.02. The van der Waals surface area contributed by atoms with Gasteiger partial charge in [-0.15, -0.1) is 12.4 Å². The van der Waals surface area contributed by atoms with Crippen LogP contribution in [0.1, 0.15) is 29.6 Å². The molecule has 2 aromatic rings. The fourth-order valence-electron chi connectivity index (χ4n) is 2.98. The molecule has 1 amide bonds. The Hall–Kier alpha value is -2.08. The zero-order valence-corrected chi connectivity index (χ0v) is 13.8. The number of fused-ring (bicyclic) bond motifs is 1. The highest BCUT2D eigenvalue weighted by molar-refractivity contribution is 5.95. The molecule has 7 heteroatoms. The minimum Gasteiger partial charge on any atom is -0.481 e. The number of hydrogen-bond donors (Lipinski definition) is 1. The van der Waals surface area contributed by atoms with E-state index < -0.39 is 11.9 Å². The molecule has 0 bridgehead atoms. The van der Waals surface area contributed by atoms with Gasteiger partial charge in [-0.1, -0.05) is 6.92 Å². The fraction of sp³-hybridized carbons (Fsp3) is 0.438. The Morgan fingerprint density at radius 2 is 2.09 bits per heavy atom. The van der Waals surface area contributed by atoms with E-state index >= 15 is 0 Å². The minimum atomic E-state index is -0.855. The van der Waals surface area contributed by atoms with Gasteiger partial charge < -0.3 is 14.4 Å². The summed E-state index contributed by atoms with van der Waals surface area (Å²) >= 11 is 0. The quantitative estimate of drug-likeness (QED) is 0.910. The lowest BCUT2D eigenvalue weighted by molar-refractivity contribution is -0.143. The van der Waals surface area contributed by atoms with Crippen LogP contribution in [0, 0.1) is 18.8 Å². The van der Waals surface area contributed by atoms with Gasteiger partial charge in [-0.2, -0.15) is 0 Å². The van der Waals surface area contributed by atoms with Crippen molar-refractivity contribution in [3.05, 3.63) is 29.7 Å². The largest absolute Gasteiger partial charge is 0.481 e. The monoisotopic (exact) mass is 338 g/mol. The van der Waals surface area contributed by atoms with E-state index in [0.29, 0.717) is 24.1 Å². The van der Waals surface area contributed by atoms with Crippen LogP contribution in [0.4, 0.5) is 0 Å². The van der Waals surface area contributed by atoms with E-state index in [1.54, 1.807) is 17.0 Å². The van der Waals surface area contributed by atoms with Crippen LogP contribution < -0.4 is 0 Å². The van der Waals surface area contributed by atoms with Crippen LogP contribution >= 0.6 is 12.4 Å². The number of carboxylic acids is 1. The van der Waals surface area contributed by atoms with Crippen molar-refractivity contribution in [1.29, 1.82) is 0 Å². The van der Waals surface area contributed by atoms with Gasteiger partial charge in [-0.25, -0.2) is 4.98 Å². The van der Waals surface area contributed by atoms with Crippen LogP contribution in [0.2, 0.25) is 0 Å². The topological polar surface area (TPSA) is 83.6 Å². The molecule has 0 spiro atoms. The van der Waals surface area contributed by atoms with Crippen LogP contribution in [0.5, 0.6) is 0 Å². The number of amides is 1. The number of furan rings is 1. The molecule has 1 N–H and O–H groups in total. The molecule has 23 heavy (non-hydrogen) atoms. The number of carbonyl (C=O) groups excluding carboxylic acids is 1. The summed E-state index contributed by atoms with van der Waals surface area (Å²) in [5, 5.41) is 9.20. The molecular formula is C16H19ClN2O4. The summed E-state index contributed by atoms with van der Waals surface area (Å²) in [5.74, 6) is -1.27. The molecular weight excluding hydrogens is 320 g/mol. The molecule has 1 fully saturated rings. The lowest BCUT2D eigenvalue weighted by atomic mass is 9.90. The van der Waals surface area contributed by atoms with Crippen molar-refractivity contribution in [2.45, 2.75) is 20.3 Å². The maximum absolute atomic E-state index is 12.6. The van der Waals surface area contributed by atoms with Crippen LogP contribution in [0.3, 0.4) is 0 Å². The molecule has 0 radical (unpaired) electrons. The molecule has 6 nitrogen and oxygen atoms in total. The average molecular weight is 339 g/mol. The summed E-state index contributed by atoms with van der Waals surface area (Å²) in [6.45, 7) is 4.60. The Morgan fingerprint density at radius 3 is 2.78 bits per heavy atom. The first-order chi connectivity index (χ1) is 10.4. The molecule has 124 valence electrons. The van der Waals surface area contributed by atoms with E-state index in [0.717, 1.165) is 5.69 Å². The number of pyridine rings is 1. The Labute approximate surface area is 139 Å². The number of halogens is 1. The maximum atomic E-state index is 12.6. The minimum absolute atomic E-state index is 0. The van der Waals surface area contributed by atoms with Gasteiger partial charge in [0.15, 0.2) is 11.3 Å². The summed E-state index contributed by atoms with van der Waals surface area (Å²) in [4.78, 5) is 29.7. The Bertz CT molecular complexity index is 743. The van der Waals surface area contributed by atoms with Gasteiger partial charge in [-0.3, -0.25) is 9.59 Å². The molecule has 3 heterocycles. The van der Waals surface area contributed by atoms with Crippen LogP contribution in [0.25, 0.3) is 11.1 Å². The maximum Gasteiger partial charge on any atom is 0.308 e. The summed E-state index contributed by atoms with van der Waals surface area (Å²) in [7, 11) is 0. The van der Waals surface area contributed by atoms with Crippen molar-refractivity contribution < 1.29 is 19.1 Å². The predicted molar refractivity (Wildman–Crippen MR) is 86.8 cm³/mol. The number of aromatic nitrogens is 1. The number of carbonyl (C=O) groups is 2. The molecule has 0 saturated carbocycles. The van der Waals surface area contributed by atoms with Gasteiger partial charge in [0.25, 0.3) is 5.91 Å². The zero-order chi connectivity index (χ0) is 15.9. The molecule has 1 saturated heterocycles. The second-order valence-corrected chi connectivity index (χ2v) is 6.03. The average Bonchev–Trinajstić information content (AvgIpc) is 2.88. The third kappa shape index (κ3) is 3.47. The molecule has 1 aliphatic heterocycles. The first-order valence-electron chi connectivity index (χ1n) is 7.33. The smallest absolute Gasteiger partial charge is 0.308 e. The highest BCUT2D eigenvalue weighted by Crippen LogP contribution is 2.25. The van der Waals surface area contributed by atoms with Crippen molar-refractivity contribution in [3.63, 3.8) is 0 Å². The van der Waals surface area contributed by atoms with E-state index in [9.17, 15) is 14.7 Å². The Morgan fingerprint density at radius 1 is 1.35 bits per heavy atom. The molecule has 2 atom stereocenters. The second-order valence-electron chi connectivity index (χ2n) is 6.03. The number of likely N-dealkylation sites (tertiary alicyclic amines) is 1. The number of aliphatic carboxylic acids is 1. The van der Waals surface area contributed by atoms with Gasteiger partial charge >= 0.3 is 5.97 Å². The number of piperidine rings is 1. The normalized spacial score (nSPS) is 21.0. The fourth-order valence-corrected chi connectivity index (χ4v) is 2.98. The first-order valence-corrected chi connectivity index (χ1v) is 7.33. The van der Waals surface area contributed by atoms with Crippen molar-refractivity contribution in [3.8, 4) is 0 Å². The van der Waals surface area contributed by atoms with E-state index in [1.807, 2.05) is 19.9 Å². The summed E-state index contributed by atoms with van der Waals surface area (Å²) in [5.41, 5.74) is 2.06. The standard InChI is InChI=1S/C16H18N2O4.ClH/c1-9-5-11(16(20)21)8-18(7-9)15(19)14-6-12-13(22-14)4-3-10(2)17-12;/h3-4,6,9,11H,5,7-8H2,1-2H3,(H,20,21);1H. The van der Waals surface area contributed by atoms with Gasteiger partial charge in [0.2, 0.25) is 0 Å². The zero-order valence-electron chi connectivity index (χ0n) is 13.0. The molecule has 0 aliphatic carbocycles. The second kappa shape index (κ2) is 6.58. The van der Waals surface area contributed by atoms with Gasteiger partial charge in [0.05, 0.1) is 5.92 Å². The lowest BCUT2D eigenvalue weighted by Crippen LogP contribution is -2.45. The van der Waals surface area contributed by atoms with Gasteiger partial charge in [0.1, 0.15) is 5.52 Å². The number of aryl methyl sites for hydroxylation is 1. The highest BCUT2D eigenvalue weighted by Gasteiger charge is 2.33. The van der Waals surface area contributed by atoms with Gasteiger partial charge in [0, 0.05) is 24.8 Å². The van der Waals surface area contributed by atoms with Crippen LogP contribution in [-0.2, 0) is 4.79 Å². The van der Waals surface area contributed by atoms with Crippen molar-refractivity contribution >= 4 is 35.4 Å².